The molecule has 0 bridgehead atoms. The third-order valence-electron chi connectivity index (χ3n) is 14.8. The van der Waals surface area contributed by atoms with Crippen LogP contribution < -0.4 is 26.6 Å². The van der Waals surface area contributed by atoms with E-state index in [-0.39, 0.29) is 46.6 Å². The highest BCUT2D eigenvalue weighted by Crippen LogP contribution is 2.48. The van der Waals surface area contributed by atoms with Gasteiger partial charge in [0, 0.05) is 61.1 Å². The van der Waals surface area contributed by atoms with Crippen LogP contribution in [0.3, 0.4) is 0 Å². The third-order valence-corrected chi connectivity index (χ3v) is 16.5. The van der Waals surface area contributed by atoms with Crippen molar-refractivity contribution in [2.24, 2.45) is 5.73 Å². The van der Waals surface area contributed by atoms with E-state index in [2.05, 4.69) is 60.0 Å². The fraction of sp³-hybridized carbons (Fsp3) is 0.482. The largest absolute Gasteiger partial charge is 0.445 e. The van der Waals surface area contributed by atoms with Gasteiger partial charge in [-0.15, -0.1) is 0 Å². The SMILES string of the molecule is CC[N+]1=C(CCCCCC2N(CCCCCC(=O)NCCCC[C@H](NC(=O)[C@H](Cc3ccccc3)NC(=O)OCc3ccccc3)C(N)=O)c3cc(S(=O)(=O)O)ccc3C2(C)C)C(C)(C)c2cc(S(=O)(=O)O)ccc21. The molecule has 0 saturated heterocycles. The minimum absolute atomic E-state index is 0.0142. The van der Waals surface area contributed by atoms with Crippen LogP contribution in [0.15, 0.2) is 107 Å². The number of carbonyl (C=O) groups is 4. The molecule has 2 aliphatic heterocycles. The molecule has 7 N–H and O–H groups in total. The van der Waals surface area contributed by atoms with Gasteiger partial charge >= 0.3 is 6.09 Å². The average molecular weight is 1070 g/mol. The van der Waals surface area contributed by atoms with Gasteiger partial charge in [-0.2, -0.15) is 21.4 Å². The molecule has 1 unspecified atom stereocenters. The summed E-state index contributed by atoms with van der Waals surface area (Å²) in [6, 6.07) is 25.9. The maximum Gasteiger partial charge on any atom is 0.408 e. The van der Waals surface area contributed by atoms with Crippen molar-refractivity contribution in [1.29, 1.82) is 0 Å². The summed E-state index contributed by atoms with van der Waals surface area (Å²) in [6.07, 6.45) is 7.40. The highest BCUT2D eigenvalue weighted by Gasteiger charge is 2.46. The van der Waals surface area contributed by atoms with Crippen LogP contribution in [-0.4, -0.2) is 97.8 Å². The molecular formula is C56H75N6O11S2+. The molecule has 75 heavy (non-hydrogen) atoms. The van der Waals surface area contributed by atoms with E-state index in [9.17, 15) is 45.1 Å². The number of carbonyl (C=O) groups excluding carboxylic acids is 4. The van der Waals surface area contributed by atoms with Gasteiger partial charge in [0.1, 0.15) is 25.2 Å². The minimum atomic E-state index is -4.44. The summed E-state index contributed by atoms with van der Waals surface area (Å²) in [5.74, 6) is -1.42. The second-order valence-electron chi connectivity index (χ2n) is 20.7. The lowest BCUT2D eigenvalue weighted by molar-refractivity contribution is -0.435. The van der Waals surface area contributed by atoms with Gasteiger partial charge in [-0.1, -0.05) is 99.8 Å². The van der Waals surface area contributed by atoms with E-state index < -0.39 is 55.6 Å². The van der Waals surface area contributed by atoms with E-state index in [0.717, 1.165) is 85.1 Å². The molecule has 4 aromatic carbocycles. The van der Waals surface area contributed by atoms with Crippen LogP contribution in [0.1, 0.15) is 134 Å². The lowest BCUT2D eigenvalue weighted by atomic mass is 9.78. The van der Waals surface area contributed by atoms with Crippen molar-refractivity contribution in [3.8, 4) is 0 Å². The van der Waals surface area contributed by atoms with Gasteiger partial charge in [0.25, 0.3) is 20.2 Å². The van der Waals surface area contributed by atoms with Crippen molar-refractivity contribution >= 4 is 61.1 Å². The lowest BCUT2D eigenvalue weighted by Crippen LogP contribution is -2.53. The second kappa shape index (κ2) is 25.6. The summed E-state index contributed by atoms with van der Waals surface area (Å²) in [7, 11) is -8.79. The summed E-state index contributed by atoms with van der Waals surface area (Å²) >= 11 is 0. The van der Waals surface area contributed by atoms with Crippen LogP contribution in [0, 0.1) is 0 Å². The van der Waals surface area contributed by atoms with Gasteiger partial charge in [0.2, 0.25) is 23.4 Å². The lowest BCUT2D eigenvalue weighted by Gasteiger charge is -2.35. The Labute approximate surface area is 442 Å². The smallest absolute Gasteiger partial charge is 0.408 e. The second-order valence-corrected chi connectivity index (χ2v) is 23.6. The number of nitrogens with one attached hydrogen (secondary N) is 3. The summed E-state index contributed by atoms with van der Waals surface area (Å²) in [5.41, 5.74) is 11.3. The third kappa shape index (κ3) is 15.3. The van der Waals surface area contributed by atoms with Gasteiger partial charge in [-0.05, 0) is 107 Å². The van der Waals surface area contributed by atoms with Crippen LogP contribution in [0.25, 0.3) is 0 Å². The van der Waals surface area contributed by atoms with Gasteiger partial charge in [-0.3, -0.25) is 23.5 Å². The van der Waals surface area contributed by atoms with E-state index in [4.69, 9.17) is 10.5 Å². The zero-order valence-electron chi connectivity index (χ0n) is 43.8. The van der Waals surface area contributed by atoms with Crippen LogP contribution in [0.2, 0.25) is 0 Å². The fourth-order valence-corrected chi connectivity index (χ4v) is 11.7. The number of amides is 4. The summed E-state index contributed by atoms with van der Waals surface area (Å²) in [6.45, 7) is 12.3. The molecule has 0 spiro atoms. The summed E-state index contributed by atoms with van der Waals surface area (Å²) in [4.78, 5) is 53.6. The van der Waals surface area contributed by atoms with E-state index >= 15 is 0 Å². The quantitative estimate of drug-likeness (QED) is 0.0180. The number of hydrogen-bond acceptors (Lipinski definition) is 10. The van der Waals surface area contributed by atoms with Crippen LogP contribution in [-0.2, 0) is 63.2 Å². The Kier molecular flexibility index (Phi) is 19.8. The zero-order chi connectivity index (χ0) is 54.6. The first-order valence-electron chi connectivity index (χ1n) is 26.0. The first-order valence-corrected chi connectivity index (χ1v) is 28.9. The number of ether oxygens (including phenoxy) is 1. The first-order chi connectivity index (χ1) is 35.5. The maximum atomic E-state index is 13.5. The predicted octanol–water partition coefficient (Wildman–Crippen LogP) is 8.05. The molecule has 6 rings (SSSR count). The van der Waals surface area contributed by atoms with Gasteiger partial charge in [0.05, 0.1) is 15.2 Å². The molecule has 0 aromatic heterocycles. The standard InChI is InChI=1S/C56H74N6O11S2/c1-6-61-47-32-30-41(74(67,68)69)36-44(47)56(4,5)49(61)26-15-9-16-27-50-55(2,3)43-31-29-42(75(70,71)72)37-48(43)62(50)34-20-10-17-28-51(63)58-33-19-18-25-45(52(57)64)59-53(65)46(35-39-21-11-7-12-22-39)60-54(66)73-38-40-23-13-8-14-24-40/h7-8,11-14,21-24,29-32,36-37,45-46,50H,6,9-10,15-20,25-28,33-35,38H2,1-5H3,(H6-,57,58,59,60,63,64,65,66,67,68,69,70,71,72)/p+1/t45-,46-,50?/m0/s1. The molecule has 0 radical (unpaired) electrons. The number of unbranched alkanes of at least 4 members (excludes halogenated alkanes) is 5. The van der Waals surface area contributed by atoms with E-state index in [1.54, 1.807) is 24.3 Å². The van der Waals surface area contributed by atoms with Crippen molar-refractivity contribution in [3.05, 3.63) is 119 Å². The summed E-state index contributed by atoms with van der Waals surface area (Å²) < 4.78 is 75.9. The number of anilines is 1. The van der Waals surface area contributed by atoms with Crippen molar-refractivity contribution in [2.45, 2.75) is 163 Å². The number of rotatable bonds is 28. The number of nitrogens with two attached hydrogens (primary N) is 1. The molecule has 17 nitrogen and oxygen atoms in total. The predicted molar refractivity (Wildman–Crippen MR) is 288 cm³/mol. The maximum absolute atomic E-state index is 13.5. The molecule has 4 amide bonds. The molecule has 19 heteroatoms. The minimum Gasteiger partial charge on any atom is -0.445 e. The van der Waals surface area contributed by atoms with Crippen LogP contribution >= 0.6 is 0 Å². The molecular weight excluding hydrogens is 997 g/mol. The normalized spacial score (nSPS) is 16.4. The first kappa shape index (κ1) is 58.1. The van der Waals surface area contributed by atoms with Gasteiger partial charge in [-0.25, -0.2) is 4.79 Å². The molecule has 406 valence electrons. The Morgan fingerprint density at radius 1 is 0.733 bits per heavy atom. The van der Waals surface area contributed by atoms with Gasteiger partial charge < -0.3 is 31.3 Å². The van der Waals surface area contributed by atoms with Gasteiger partial charge in [0.15, 0.2) is 5.71 Å². The Hall–Kier alpha value is -6.15. The topological polar surface area (TPSA) is 255 Å². The van der Waals surface area contributed by atoms with E-state index in [0.29, 0.717) is 38.8 Å². The van der Waals surface area contributed by atoms with Crippen molar-refractivity contribution in [2.75, 3.05) is 24.5 Å². The molecule has 4 aromatic rings. The van der Waals surface area contributed by atoms with Crippen molar-refractivity contribution in [1.82, 2.24) is 16.0 Å². The van der Waals surface area contributed by atoms with E-state index in [1.165, 1.54) is 17.8 Å². The highest BCUT2D eigenvalue weighted by molar-refractivity contribution is 7.86. The fourth-order valence-electron chi connectivity index (χ4n) is 10.7. The van der Waals surface area contributed by atoms with Crippen molar-refractivity contribution < 1.29 is 54.4 Å². The number of fused-ring (bicyclic) bond motifs is 2. The van der Waals surface area contributed by atoms with Crippen LogP contribution in [0.5, 0.6) is 0 Å². The molecule has 3 atom stereocenters. The zero-order valence-corrected chi connectivity index (χ0v) is 45.5. The Morgan fingerprint density at radius 3 is 2.03 bits per heavy atom. The van der Waals surface area contributed by atoms with Crippen LogP contribution in [0.4, 0.5) is 16.2 Å². The molecule has 2 aliphatic rings. The Morgan fingerprint density at radius 2 is 1.37 bits per heavy atom. The van der Waals surface area contributed by atoms with E-state index in [1.807, 2.05) is 60.7 Å². The number of nitrogens with zero attached hydrogens (tertiary/aromatic N) is 2. The molecule has 2 heterocycles. The highest BCUT2D eigenvalue weighted by atomic mass is 32.2. The molecule has 0 aliphatic carbocycles. The number of alkyl carbamates (subject to hydrolysis) is 1. The Bertz CT molecular complexity index is 2910. The summed E-state index contributed by atoms with van der Waals surface area (Å²) in [5, 5.41) is 8.28. The molecule has 0 fully saturated rings. The average Bonchev–Trinajstić information content (AvgIpc) is 3.71. The number of hydrogen-bond donors (Lipinski definition) is 6. The Balaban J connectivity index is 0.955. The molecule has 0 saturated carbocycles. The van der Waals surface area contributed by atoms with Crippen molar-refractivity contribution in [3.63, 3.8) is 0 Å². The number of primary amides is 1. The number of benzene rings is 4. The monoisotopic (exact) mass is 1070 g/mol.